The van der Waals surface area contributed by atoms with Crippen LogP contribution in [-0.4, -0.2) is 53.3 Å². The molecule has 6 nitrogen and oxygen atoms in total. The summed E-state index contributed by atoms with van der Waals surface area (Å²) in [6, 6.07) is 0. The molecule has 0 aliphatic rings. The predicted molar refractivity (Wildman–Crippen MR) is 77.6 cm³/mol. The number of hydrogen-bond acceptors (Lipinski definition) is 5. The Kier molecular flexibility index (Phi) is 9.03. The molecule has 0 aliphatic carbocycles. The highest BCUT2D eigenvalue weighted by Crippen LogP contribution is 2.06. The Hall–Kier alpha value is -1.24. The zero-order valence-corrected chi connectivity index (χ0v) is 13.1. The van der Waals surface area contributed by atoms with Gasteiger partial charge in [-0.15, -0.1) is 0 Å². The lowest BCUT2D eigenvalue weighted by atomic mass is 10.2. The Balaban J connectivity index is 4.40. The number of esters is 1. The summed E-state index contributed by atoms with van der Waals surface area (Å²) in [5, 5.41) is 8.80. The van der Waals surface area contributed by atoms with Crippen molar-refractivity contribution in [3.8, 4) is 0 Å². The van der Waals surface area contributed by atoms with Crippen LogP contribution in [0.1, 0.15) is 27.2 Å². The van der Waals surface area contributed by atoms with Crippen LogP contribution in [0.5, 0.6) is 0 Å². The summed E-state index contributed by atoms with van der Waals surface area (Å²) in [5.74, 6) is -1.68. The fraction of sp³-hybridized carbons (Fsp3) is 0.769. The molecule has 116 valence electrons. The maximum absolute atomic E-state index is 11.9. The number of thiol groups is 1. The zero-order chi connectivity index (χ0) is 15.7. The molecule has 0 saturated carbocycles. The van der Waals surface area contributed by atoms with Gasteiger partial charge in [0.2, 0.25) is 5.91 Å². The second kappa shape index (κ2) is 9.63. The van der Waals surface area contributed by atoms with Crippen LogP contribution in [0.3, 0.4) is 0 Å². The van der Waals surface area contributed by atoms with Gasteiger partial charge in [-0.1, -0.05) is 20.8 Å². The standard InChI is InChI=1S/C13H23NO5S/c1-9(2)7-19-12(17)4-5-14(6-11(15)16)13(18)10(3)8-20/h9-10,20H,4-8H2,1-3H3,(H,15,16)/t10-/m1/s1. The van der Waals surface area contributed by atoms with Crippen LogP contribution in [0.2, 0.25) is 0 Å². The summed E-state index contributed by atoms with van der Waals surface area (Å²) >= 11 is 4.02. The second-order valence-corrected chi connectivity index (χ2v) is 5.43. The Morgan fingerprint density at radius 1 is 1.25 bits per heavy atom. The molecule has 0 aromatic carbocycles. The lowest BCUT2D eigenvalue weighted by Gasteiger charge is -2.23. The molecule has 7 heteroatoms. The monoisotopic (exact) mass is 305 g/mol. The van der Waals surface area contributed by atoms with E-state index < -0.39 is 18.5 Å². The largest absolute Gasteiger partial charge is 0.480 e. The molecule has 1 amide bonds. The maximum atomic E-state index is 11.9. The number of carboxylic acids is 1. The van der Waals surface area contributed by atoms with Gasteiger partial charge in [-0.2, -0.15) is 12.6 Å². The molecule has 0 radical (unpaired) electrons. The van der Waals surface area contributed by atoms with Gasteiger partial charge in [0.1, 0.15) is 6.54 Å². The van der Waals surface area contributed by atoms with E-state index >= 15 is 0 Å². The summed E-state index contributed by atoms with van der Waals surface area (Å²) in [7, 11) is 0. The van der Waals surface area contributed by atoms with E-state index in [0.29, 0.717) is 12.4 Å². The Labute approximate surface area is 124 Å². The number of aliphatic carboxylic acids is 1. The number of carbonyl (C=O) groups excluding carboxylic acids is 2. The number of amides is 1. The van der Waals surface area contributed by atoms with Crippen LogP contribution in [0.4, 0.5) is 0 Å². The smallest absolute Gasteiger partial charge is 0.323 e. The normalized spacial score (nSPS) is 12.1. The van der Waals surface area contributed by atoms with Crippen molar-refractivity contribution in [1.82, 2.24) is 4.90 Å². The minimum atomic E-state index is -1.11. The molecule has 0 saturated heterocycles. The van der Waals surface area contributed by atoms with Crippen LogP contribution in [-0.2, 0) is 19.1 Å². The van der Waals surface area contributed by atoms with E-state index in [1.54, 1.807) is 6.92 Å². The zero-order valence-electron chi connectivity index (χ0n) is 12.2. The van der Waals surface area contributed by atoms with E-state index in [2.05, 4.69) is 12.6 Å². The van der Waals surface area contributed by atoms with E-state index in [1.165, 1.54) is 0 Å². The molecule has 0 spiro atoms. The van der Waals surface area contributed by atoms with E-state index in [1.807, 2.05) is 13.8 Å². The average Bonchev–Trinajstić information content (AvgIpc) is 2.38. The fourth-order valence-electron chi connectivity index (χ4n) is 1.38. The molecule has 0 fully saturated rings. The predicted octanol–water partition coefficient (Wildman–Crippen LogP) is 1.05. The van der Waals surface area contributed by atoms with Crippen LogP contribution < -0.4 is 0 Å². The molecular weight excluding hydrogens is 282 g/mol. The molecule has 0 bridgehead atoms. The van der Waals surface area contributed by atoms with E-state index in [0.717, 1.165) is 4.90 Å². The third kappa shape index (κ3) is 8.04. The van der Waals surface area contributed by atoms with Gasteiger partial charge >= 0.3 is 11.9 Å². The number of carbonyl (C=O) groups is 3. The number of carboxylic acid groups (broad SMARTS) is 1. The summed E-state index contributed by atoms with van der Waals surface area (Å²) in [5.41, 5.74) is 0. The van der Waals surface area contributed by atoms with Gasteiger partial charge in [-0.05, 0) is 5.92 Å². The van der Waals surface area contributed by atoms with Crippen LogP contribution in [0, 0.1) is 11.8 Å². The molecule has 20 heavy (non-hydrogen) atoms. The highest BCUT2D eigenvalue weighted by Gasteiger charge is 2.22. The van der Waals surface area contributed by atoms with Crippen molar-refractivity contribution in [2.45, 2.75) is 27.2 Å². The van der Waals surface area contributed by atoms with Gasteiger partial charge in [0, 0.05) is 18.2 Å². The van der Waals surface area contributed by atoms with Crippen molar-refractivity contribution < 1.29 is 24.2 Å². The van der Waals surface area contributed by atoms with E-state index in [9.17, 15) is 14.4 Å². The average molecular weight is 305 g/mol. The van der Waals surface area contributed by atoms with Gasteiger partial charge in [-0.3, -0.25) is 14.4 Å². The summed E-state index contributed by atoms with van der Waals surface area (Å²) in [4.78, 5) is 35.3. The number of nitrogens with zero attached hydrogens (tertiary/aromatic N) is 1. The highest BCUT2D eigenvalue weighted by molar-refractivity contribution is 7.80. The Morgan fingerprint density at radius 3 is 2.30 bits per heavy atom. The molecule has 0 heterocycles. The molecule has 0 aliphatic heterocycles. The molecule has 0 unspecified atom stereocenters. The van der Waals surface area contributed by atoms with Crippen molar-refractivity contribution in [1.29, 1.82) is 0 Å². The van der Waals surface area contributed by atoms with Crippen LogP contribution in [0.15, 0.2) is 0 Å². The molecule has 0 aromatic rings. The van der Waals surface area contributed by atoms with Gasteiger partial charge in [0.05, 0.1) is 13.0 Å². The van der Waals surface area contributed by atoms with E-state index in [4.69, 9.17) is 9.84 Å². The second-order valence-electron chi connectivity index (χ2n) is 5.06. The highest BCUT2D eigenvalue weighted by atomic mass is 32.1. The minimum Gasteiger partial charge on any atom is -0.480 e. The third-order valence-corrected chi connectivity index (χ3v) is 3.04. The van der Waals surface area contributed by atoms with Gasteiger partial charge in [0.25, 0.3) is 0 Å². The first kappa shape index (κ1) is 18.8. The van der Waals surface area contributed by atoms with Crippen molar-refractivity contribution in [2.24, 2.45) is 11.8 Å². The summed E-state index contributed by atoms with van der Waals surface area (Å²) < 4.78 is 4.99. The SMILES string of the molecule is CC(C)COC(=O)CCN(CC(=O)O)C(=O)[C@H](C)CS. The minimum absolute atomic E-state index is 0.00890. The van der Waals surface area contributed by atoms with Crippen LogP contribution in [0.25, 0.3) is 0 Å². The first-order valence-corrected chi connectivity index (χ1v) is 7.18. The summed E-state index contributed by atoms with van der Waals surface area (Å²) in [6.07, 6.45) is -0.00890. The lowest BCUT2D eigenvalue weighted by Crippen LogP contribution is -2.40. The fourth-order valence-corrected chi connectivity index (χ4v) is 1.53. The quantitative estimate of drug-likeness (QED) is 0.491. The molecule has 1 N–H and O–H groups in total. The van der Waals surface area contributed by atoms with Crippen molar-refractivity contribution in [3.05, 3.63) is 0 Å². The van der Waals surface area contributed by atoms with Gasteiger partial charge in [0.15, 0.2) is 0 Å². The molecule has 0 aromatic heterocycles. The van der Waals surface area contributed by atoms with Gasteiger partial charge < -0.3 is 14.7 Å². The van der Waals surface area contributed by atoms with Crippen molar-refractivity contribution in [3.63, 3.8) is 0 Å². The molecule has 1 atom stereocenters. The molecular formula is C13H23NO5S. The Bertz CT molecular complexity index is 346. The number of hydrogen-bond donors (Lipinski definition) is 2. The van der Waals surface area contributed by atoms with Crippen molar-refractivity contribution in [2.75, 3.05) is 25.4 Å². The topological polar surface area (TPSA) is 83.9 Å². The van der Waals surface area contributed by atoms with Crippen molar-refractivity contribution >= 4 is 30.5 Å². The van der Waals surface area contributed by atoms with Gasteiger partial charge in [-0.25, -0.2) is 0 Å². The maximum Gasteiger partial charge on any atom is 0.323 e. The summed E-state index contributed by atoms with van der Waals surface area (Å²) in [6.45, 7) is 5.44. The molecule has 0 rings (SSSR count). The lowest BCUT2D eigenvalue weighted by molar-refractivity contribution is -0.149. The van der Waals surface area contributed by atoms with E-state index in [-0.39, 0.29) is 30.7 Å². The first-order chi connectivity index (χ1) is 9.27. The Morgan fingerprint density at radius 2 is 1.85 bits per heavy atom. The number of ether oxygens (including phenoxy) is 1. The third-order valence-electron chi connectivity index (χ3n) is 2.50. The first-order valence-electron chi connectivity index (χ1n) is 6.55. The van der Waals surface area contributed by atoms with Crippen LogP contribution >= 0.6 is 12.6 Å². The number of rotatable bonds is 9.